The van der Waals surface area contributed by atoms with Crippen LogP contribution in [0.5, 0.6) is 0 Å². The highest BCUT2D eigenvalue weighted by molar-refractivity contribution is 6.04. The third kappa shape index (κ3) is 3.86. The van der Waals surface area contributed by atoms with Gasteiger partial charge in [-0.1, -0.05) is 42.5 Å². The van der Waals surface area contributed by atoms with Crippen molar-refractivity contribution in [3.8, 4) is 11.3 Å². The zero-order chi connectivity index (χ0) is 20.4. The smallest absolute Gasteiger partial charge is 0.254 e. The van der Waals surface area contributed by atoms with E-state index in [4.69, 9.17) is 11.5 Å². The van der Waals surface area contributed by atoms with E-state index in [1.54, 1.807) is 0 Å². The molecular formula is C22H21N5O2. The largest absolute Gasteiger partial charge is 0.383 e. The second kappa shape index (κ2) is 7.81. The average molecular weight is 387 g/mol. The highest BCUT2D eigenvalue weighted by Crippen LogP contribution is 2.28. The highest BCUT2D eigenvalue weighted by atomic mass is 16.1. The van der Waals surface area contributed by atoms with Gasteiger partial charge in [-0.3, -0.25) is 9.59 Å². The molecule has 1 aromatic heterocycles. The molecule has 0 radical (unpaired) electrons. The van der Waals surface area contributed by atoms with Crippen LogP contribution in [0.3, 0.4) is 0 Å². The first kappa shape index (κ1) is 18.8. The van der Waals surface area contributed by atoms with E-state index in [1.165, 1.54) is 5.56 Å². The Bertz CT molecular complexity index is 1100. The van der Waals surface area contributed by atoms with Crippen molar-refractivity contribution in [2.24, 2.45) is 5.73 Å². The number of nitrogens with two attached hydrogens (primary N) is 2. The van der Waals surface area contributed by atoms with Gasteiger partial charge in [0.25, 0.3) is 5.91 Å². The number of nitrogens with one attached hydrogen (secondary N) is 1. The molecule has 2 heterocycles. The van der Waals surface area contributed by atoms with Crippen LogP contribution < -0.4 is 16.8 Å². The zero-order valence-corrected chi connectivity index (χ0v) is 15.8. The van der Waals surface area contributed by atoms with Gasteiger partial charge in [0.1, 0.15) is 11.4 Å². The third-order valence-electron chi connectivity index (χ3n) is 5.01. The number of amides is 1. The molecular weight excluding hydrogens is 366 g/mol. The Hall–Kier alpha value is -3.58. The van der Waals surface area contributed by atoms with Crippen LogP contribution in [0.25, 0.3) is 11.3 Å². The van der Waals surface area contributed by atoms with Gasteiger partial charge >= 0.3 is 0 Å². The van der Waals surface area contributed by atoms with Crippen LogP contribution in [0.1, 0.15) is 37.7 Å². The lowest BCUT2D eigenvalue weighted by Gasteiger charge is -2.18. The number of benzene rings is 2. The summed E-state index contributed by atoms with van der Waals surface area (Å²) in [6.07, 6.45) is 1.08. The Labute approximate surface area is 168 Å². The lowest BCUT2D eigenvalue weighted by Crippen LogP contribution is -2.24. The standard InChI is InChI=1S/C22H21N5O2/c23-20-18(21(24)29)19(15-7-6-14-8-9-25-12-16(14)11-15)26-22(27-20)17(28)10-13-4-2-1-3-5-13/h1-7,11,25H,8-10,12H2,(H2,24,29)(H2,23,26,27). The number of primary amides is 1. The first-order chi connectivity index (χ1) is 14.0. The first-order valence-corrected chi connectivity index (χ1v) is 9.40. The summed E-state index contributed by atoms with van der Waals surface area (Å²) >= 11 is 0. The molecule has 1 amide bonds. The number of carbonyl (C=O) groups is 2. The van der Waals surface area contributed by atoms with E-state index in [1.807, 2.05) is 48.5 Å². The lowest BCUT2D eigenvalue weighted by molar-refractivity contribution is 0.0975. The van der Waals surface area contributed by atoms with E-state index in [9.17, 15) is 9.59 Å². The summed E-state index contributed by atoms with van der Waals surface area (Å²) in [6, 6.07) is 15.2. The number of carbonyl (C=O) groups excluding carboxylic acids is 2. The molecule has 5 N–H and O–H groups in total. The maximum absolute atomic E-state index is 12.8. The van der Waals surface area contributed by atoms with Crippen LogP contribution in [0.2, 0.25) is 0 Å². The van der Waals surface area contributed by atoms with Crippen LogP contribution in [0.15, 0.2) is 48.5 Å². The molecule has 0 atom stereocenters. The minimum absolute atomic E-state index is 0.0257. The predicted octanol–water partition coefficient (Wildman–Crippen LogP) is 1.90. The normalized spacial score (nSPS) is 13.0. The van der Waals surface area contributed by atoms with Gasteiger partial charge in [-0.2, -0.15) is 0 Å². The van der Waals surface area contributed by atoms with Crippen molar-refractivity contribution in [3.05, 3.63) is 76.6 Å². The summed E-state index contributed by atoms with van der Waals surface area (Å²) in [6.45, 7) is 1.66. The summed E-state index contributed by atoms with van der Waals surface area (Å²) in [5.74, 6) is -1.12. The van der Waals surface area contributed by atoms with Crippen molar-refractivity contribution in [1.82, 2.24) is 15.3 Å². The molecule has 7 heteroatoms. The van der Waals surface area contributed by atoms with Gasteiger partial charge in [-0.15, -0.1) is 0 Å². The Morgan fingerprint density at radius 1 is 1.03 bits per heavy atom. The Kier molecular flexibility index (Phi) is 5.05. The second-order valence-corrected chi connectivity index (χ2v) is 7.02. The van der Waals surface area contributed by atoms with E-state index >= 15 is 0 Å². The molecule has 0 saturated carbocycles. The monoisotopic (exact) mass is 387 g/mol. The summed E-state index contributed by atoms with van der Waals surface area (Å²) < 4.78 is 0. The van der Waals surface area contributed by atoms with Crippen LogP contribution in [0.4, 0.5) is 5.82 Å². The summed E-state index contributed by atoms with van der Waals surface area (Å²) in [7, 11) is 0. The Morgan fingerprint density at radius 3 is 2.59 bits per heavy atom. The van der Waals surface area contributed by atoms with Crippen LogP contribution in [-0.2, 0) is 19.4 Å². The van der Waals surface area contributed by atoms with Gasteiger partial charge in [-0.05, 0) is 35.7 Å². The number of ketones is 1. The number of hydrogen-bond acceptors (Lipinski definition) is 6. The van der Waals surface area contributed by atoms with E-state index in [0.717, 1.165) is 30.6 Å². The minimum atomic E-state index is -0.726. The van der Waals surface area contributed by atoms with Crippen LogP contribution in [-0.4, -0.2) is 28.2 Å². The molecule has 0 spiro atoms. The first-order valence-electron chi connectivity index (χ1n) is 9.40. The van der Waals surface area contributed by atoms with Crippen molar-refractivity contribution in [2.75, 3.05) is 12.3 Å². The average Bonchev–Trinajstić information content (AvgIpc) is 2.73. The number of nitrogen functional groups attached to an aromatic ring is 1. The van der Waals surface area contributed by atoms with Gasteiger partial charge in [0.05, 0.1) is 5.69 Å². The summed E-state index contributed by atoms with van der Waals surface area (Å²) in [5, 5.41) is 3.32. The van der Waals surface area contributed by atoms with Gasteiger partial charge in [0.2, 0.25) is 5.78 Å². The van der Waals surface area contributed by atoms with Gasteiger partial charge < -0.3 is 16.8 Å². The topological polar surface area (TPSA) is 124 Å². The fourth-order valence-corrected chi connectivity index (χ4v) is 3.54. The fourth-order valence-electron chi connectivity index (χ4n) is 3.54. The summed E-state index contributed by atoms with van der Waals surface area (Å²) in [5.41, 5.74) is 15.8. The van der Waals surface area contributed by atoms with Crippen molar-refractivity contribution in [1.29, 1.82) is 0 Å². The third-order valence-corrected chi connectivity index (χ3v) is 5.01. The number of aromatic nitrogens is 2. The van der Waals surface area contributed by atoms with Gasteiger partial charge in [0.15, 0.2) is 5.82 Å². The second-order valence-electron chi connectivity index (χ2n) is 7.02. The lowest BCUT2D eigenvalue weighted by atomic mass is 9.96. The van der Waals surface area contributed by atoms with Gasteiger partial charge in [-0.25, -0.2) is 9.97 Å². The van der Waals surface area contributed by atoms with Crippen molar-refractivity contribution in [3.63, 3.8) is 0 Å². The molecule has 146 valence electrons. The van der Waals surface area contributed by atoms with Gasteiger partial charge in [0, 0.05) is 18.5 Å². The molecule has 0 aliphatic carbocycles. The molecule has 0 saturated heterocycles. The number of anilines is 1. The molecule has 3 aromatic rings. The number of hydrogen-bond donors (Lipinski definition) is 3. The predicted molar refractivity (Wildman–Crippen MR) is 110 cm³/mol. The molecule has 0 bridgehead atoms. The molecule has 7 nitrogen and oxygen atoms in total. The number of Topliss-reactive ketones (excluding diaryl/α,β-unsaturated/α-hetero) is 1. The van der Waals surface area contributed by atoms with Crippen molar-refractivity contribution in [2.45, 2.75) is 19.4 Å². The van der Waals surface area contributed by atoms with Crippen molar-refractivity contribution < 1.29 is 9.59 Å². The van der Waals surface area contributed by atoms with Crippen molar-refractivity contribution >= 4 is 17.5 Å². The highest BCUT2D eigenvalue weighted by Gasteiger charge is 2.22. The summed E-state index contributed by atoms with van der Waals surface area (Å²) in [4.78, 5) is 33.3. The van der Waals surface area contributed by atoms with E-state index < -0.39 is 5.91 Å². The fraction of sp³-hybridized carbons (Fsp3) is 0.182. The maximum Gasteiger partial charge on any atom is 0.254 e. The molecule has 0 unspecified atom stereocenters. The van der Waals surface area contributed by atoms with Crippen LogP contribution >= 0.6 is 0 Å². The van der Waals surface area contributed by atoms with E-state index in [2.05, 4.69) is 15.3 Å². The molecule has 0 fully saturated rings. The number of nitrogens with zero attached hydrogens (tertiary/aromatic N) is 2. The molecule has 1 aliphatic heterocycles. The molecule has 2 aromatic carbocycles. The van der Waals surface area contributed by atoms with E-state index in [-0.39, 0.29) is 35.1 Å². The molecule has 1 aliphatic rings. The maximum atomic E-state index is 12.8. The minimum Gasteiger partial charge on any atom is -0.383 e. The van der Waals surface area contributed by atoms with Crippen LogP contribution in [0, 0.1) is 0 Å². The molecule has 4 rings (SSSR count). The SMILES string of the molecule is NC(=O)c1c(N)nc(C(=O)Cc2ccccc2)nc1-c1ccc2c(c1)CNCC2. The van der Waals surface area contributed by atoms with E-state index in [0.29, 0.717) is 5.56 Å². The Balaban J connectivity index is 1.78. The number of fused-ring (bicyclic) bond motifs is 1. The zero-order valence-electron chi connectivity index (χ0n) is 15.8. The number of rotatable bonds is 5. The Morgan fingerprint density at radius 2 is 1.83 bits per heavy atom. The molecule has 29 heavy (non-hydrogen) atoms. The quantitative estimate of drug-likeness (QED) is 0.575.